The molecule has 3 rings (SSSR count). The van der Waals surface area contributed by atoms with Crippen molar-refractivity contribution in [1.82, 2.24) is 4.90 Å². The summed E-state index contributed by atoms with van der Waals surface area (Å²) < 4.78 is 5.53. The van der Waals surface area contributed by atoms with Crippen LogP contribution in [0.1, 0.15) is 39.2 Å². The Kier molecular flexibility index (Phi) is 4.79. The van der Waals surface area contributed by atoms with Crippen molar-refractivity contribution in [3.8, 4) is 0 Å². The van der Waals surface area contributed by atoms with Crippen LogP contribution in [0, 0.1) is 5.92 Å². The molecule has 0 saturated carbocycles. The zero-order chi connectivity index (χ0) is 17.2. The molecule has 1 atom stereocenters. The molecular weight excluding hydrogens is 298 g/mol. The first-order chi connectivity index (χ1) is 11.4. The van der Waals surface area contributed by atoms with Crippen LogP contribution in [0.15, 0.2) is 42.5 Å². The fourth-order valence-corrected chi connectivity index (χ4v) is 3.51. The number of ether oxygens (including phenoxy) is 1. The van der Waals surface area contributed by atoms with Crippen LogP contribution < -0.4 is 0 Å². The predicted molar refractivity (Wildman–Crippen MR) is 98.2 cm³/mol. The molecule has 0 aliphatic carbocycles. The topological polar surface area (TPSA) is 29.5 Å². The van der Waals surface area contributed by atoms with Gasteiger partial charge in [0, 0.05) is 13.1 Å². The van der Waals surface area contributed by atoms with Gasteiger partial charge >= 0.3 is 6.09 Å². The molecule has 0 spiro atoms. The molecule has 2 aromatic carbocycles. The lowest BCUT2D eigenvalue weighted by molar-refractivity contribution is 0.0166. The molecule has 1 aliphatic rings. The van der Waals surface area contributed by atoms with Crippen LogP contribution in [-0.2, 0) is 11.2 Å². The second kappa shape index (κ2) is 6.84. The maximum atomic E-state index is 12.3. The zero-order valence-electron chi connectivity index (χ0n) is 14.9. The summed E-state index contributed by atoms with van der Waals surface area (Å²) in [4.78, 5) is 14.2. The van der Waals surface area contributed by atoms with Crippen LogP contribution in [0.3, 0.4) is 0 Å². The highest BCUT2D eigenvalue weighted by Crippen LogP contribution is 2.26. The highest BCUT2D eigenvalue weighted by Gasteiger charge is 2.27. The number of carbonyl (C=O) groups is 1. The maximum Gasteiger partial charge on any atom is 0.410 e. The van der Waals surface area contributed by atoms with E-state index in [0.29, 0.717) is 5.92 Å². The number of likely N-dealkylation sites (tertiary alicyclic amines) is 1. The van der Waals surface area contributed by atoms with Gasteiger partial charge in [-0.15, -0.1) is 0 Å². The van der Waals surface area contributed by atoms with Crippen molar-refractivity contribution in [3.05, 3.63) is 48.0 Å². The van der Waals surface area contributed by atoms with Crippen molar-refractivity contribution in [1.29, 1.82) is 0 Å². The van der Waals surface area contributed by atoms with Gasteiger partial charge in [0.2, 0.25) is 0 Å². The Morgan fingerprint density at radius 3 is 2.71 bits per heavy atom. The maximum absolute atomic E-state index is 12.3. The Bertz CT molecular complexity index is 712. The number of benzene rings is 2. The van der Waals surface area contributed by atoms with E-state index in [1.165, 1.54) is 22.8 Å². The number of fused-ring (bicyclic) bond motifs is 1. The van der Waals surface area contributed by atoms with E-state index < -0.39 is 5.60 Å². The molecule has 2 aromatic rings. The van der Waals surface area contributed by atoms with E-state index in [9.17, 15) is 4.79 Å². The first-order valence-corrected chi connectivity index (χ1v) is 8.87. The number of rotatable bonds is 2. The van der Waals surface area contributed by atoms with Gasteiger partial charge in [0.25, 0.3) is 0 Å². The summed E-state index contributed by atoms with van der Waals surface area (Å²) >= 11 is 0. The van der Waals surface area contributed by atoms with Crippen LogP contribution in [-0.4, -0.2) is 29.7 Å². The minimum absolute atomic E-state index is 0.176. The van der Waals surface area contributed by atoms with E-state index in [0.717, 1.165) is 25.9 Å². The number of nitrogens with zero attached hydrogens (tertiary/aromatic N) is 1. The summed E-state index contributed by atoms with van der Waals surface area (Å²) in [5, 5.41) is 2.61. The smallest absolute Gasteiger partial charge is 0.410 e. The lowest BCUT2D eigenvalue weighted by atomic mass is 9.89. The molecule has 1 aliphatic heterocycles. The van der Waals surface area contributed by atoms with Crippen molar-refractivity contribution in [2.45, 2.75) is 45.6 Å². The lowest BCUT2D eigenvalue weighted by Crippen LogP contribution is -2.43. The van der Waals surface area contributed by atoms with Crippen LogP contribution in [0.2, 0.25) is 0 Å². The summed E-state index contributed by atoms with van der Waals surface area (Å²) in [6.07, 6.45) is 3.06. The van der Waals surface area contributed by atoms with Gasteiger partial charge in [0.15, 0.2) is 0 Å². The highest BCUT2D eigenvalue weighted by molar-refractivity contribution is 5.85. The van der Waals surface area contributed by atoms with Crippen LogP contribution in [0.25, 0.3) is 10.8 Å². The molecule has 3 heteroatoms. The van der Waals surface area contributed by atoms with E-state index in [2.05, 4.69) is 42.5 Å². The number of carbonyl (C=O) groups excluding carboxylic acids is 1. The minimum Gasteiger partial charge on any atom is -0.444 e. The normalized spacial score (nSPS) is 18.6. The Hall–Kier alpha value is -2.03. The van der Waals surface area contributed by atoms with Gasteiger partial charge in [-0.25, -0.2) is 4.79 Å². The van der Waals surface area contributed by atoms with Gasteiger partial charge in [-0.2, -0.15) is 0 Å². The number of hydrogen-bond donors (Lipinski definition) is 0. The molecular formula is C21H27NO2. The van der Waals surface area contributed by atoms with Crippen molar-refractivity contribution in [3.63, 3.8) is 0 Å². The fraction of sp³-hybridized carbons (Fsp3) is 0.476. The average Bonchev–Trinajstić information content (AvgIpc) is 2.54. The third-order valence-electron chi connectivity index (χ3n) is 4.56. The number of amides is 1. The van der Waals surface area contributed by atoms with Gasteiger partial charge in [-0.1, -0.05) is 42.5 Å². The molecule has 0 N–H and O–H groups in total. The quantitative estimate of drug-likeness (QED) is 0.775. The minimum atomic E-state index is -0.431. The Morgan fingerprint density at radius 2 is 1.92 bits per heavy atom. The van der Waals surface area contributed by atoms with Crippen molar-refractivity contribution >= 4 is 16.9 Å². The van der Waals surface area contributed by atoms with Crippen LogP contribution in [0.5, 0.6) is 0 Å². The van der Waals surface area contributed by atoms with Gasteiger partial charge < -0.3 is 9.64 Å². The summed E-state index contributed by atoms with van der Waals surface area (Å²) in [5.74, 6) is 0.497. The molecule has 1 saturated heterocycles. The summed E-state index contributed by atoms with van der Waals surface area (Å²) in [6, 6.07) is 15.0. The molecule has 24 heavy (non-hydrogen) atoms. The molecule has 0 radical (unpaired) electrons. The Balaban J connectivity index is 1.70. The standard InChI is InChI=1S/C21H27NO2/c1-21(2,3)24-20(23)22-13-7-8-16(15-22)14-18-11-6-10-17-9-4-5-12-19(17)18/h4-6,9-12,16H,7-8,13-15H2,1-3H3. The highest BCUT2D eigenvalue weighted by atomic mass is 16.6. The molecule has 1 fully saturated rings. The molecule has 1 heterocycles. The molecule has 128 valence electrons. The van der Waals surface area contributed by atoms with E-state index >= 15 is 0 Å². The molecule has 0 bridgehead atoms. The van der Waals surface area contributed by atoms with E-state index in [-0.39, 0.29) is 6.09 Å². The third-order valence-corrected chi connectivity index (χ3v) is 4.56. The van der Waals surface area contributed by atoms with Crippen molar-refractivity contribution < 1.29 is 9.53 Å². The number of piperidine rings is 1. The zero-order valence-corrected chi connectivity index (χ0v) is 14.9. The van der Waals surface area contributed by atoms with Gasteiger partial charge in [-0.05, 0) is 62.3 Å². The first-order valence-electron chi connectivity index (χ1n) is 8.87. The predicted octanol–water partition coefficient (Wildman–Crippen LogP) is 5.03. The van der Waals surface area contributed by atoms with Gasteiger partial charge in [0.05, 0.1) is 0 Å². The summed E-state index contributed by atoms with van der Waals surface area (Å²) in [7, 11) is 0. The molecule has 0 aromatic heterocycles. The number of hydrogen-bond acceptors (Lipinski definition) is 2. The lowest BCUT2D eigenvalue weighted by Gasteiger charge is -2.34. The van der Waals surface area contributed by atoms with Crippen LogP contribution >= 0.6 is 0 Å². The fourth-order valence-electron chi connectivity index (χ4n) is 3.51. The monoisotopic (exact) mass is 325 g/mol. The van der Waals surface area contributed by atoms with Crippen LogP contribution in [0.4, 0.5) is 4.79 Å². The Morgan fingerprint density at radius 1 is 1.17 bits per heavy atom. The Labute approximate surface area is 144 Å². The first kappa shape index (κ1) is 16.8. The van der Waals surface area contributed by atoms with Crippen molar-refractivity contribution in [2.24, 2.45) is 5.92 Å². The summed E-state index contributed by atoms with van der Waals surface area (Å²) in [6.45, 7) is 7.35. The van der Waals surface area contributed by atoms with Gasteiger partial charge in [0.1, 0.15) is 5.60 Å². The second-order valence-corrected chi connectivity index (χ2v) is 7.78. The third kappa shape index (κ3) is 4.08. The second-order valence-electron chi connectivity index (χ2n) is 7.78. The van der Waals surface area contributed by atoms with E-state index in [1.807, 2.05) is 25.7 Å². The SMILES string of the molecule is CC(C)(C)OC(=O)N1CCCC(Cc2cccc3ccccc23)C1. The van der Waals surface area contributed by atoms with Gasteiger partial charge in [-0.3, -0.25) is 0 Å². The molecule has 1 unspecified atom stereocenters. The average molecular weight is 325 g/mol. The molecule has 1 amide bonds. The largest absolute Gasteiger partial charge is 0.444 e. The van der Waals surface area contributed by atoms with Crippen molar-refractivity contribution in [2.75, 3.05) is 13.1 Å². The summed E-state index contributed by atoms with van der Waals surface area (Å²) in [5.41, 5.74) is 0.948. The van der Waals surface area contributed by atoms with E-state index in [1.54, 1.807) is 0 Å². The molecule has 3 nitrogen and oxygen atoms in total. The van der Waals surface area contributed by atoms with E-state index in [4.69, 9.17) is 4.74 Å².